The van der Waals surface area contributed by atoms with E-state index in [1.165, 1.54) is 11.6 Å². The van der Waals surface area contributed by atoms with E-state index in [1.54, 1.807) is 28.4 Å². The first-order chi connectivity index (χ1) is 15.5. The average Bonchev–Trinajstić information content (AvgIpc) is 3.24. The SMILES string of the molecule is COc1ccc(CNc2nc(NCc3ccc(OC)c(OC)c3)n(C(C)=O)n2)cc1OC. The minimum atomic E-state index is -0.258. The van der Waals surface area contributed by atoms with E-state index in [0.29, 0.717) is 48.0 Å². The molecule has 0 atom stereocenters. The third-order valence-electron chi connectivity index (χ3n) is 4.70. The fraction of sp³-hybridized carbons (Fsp3) is 0.318. The molecule has 0 saturated carbocycles. The Hall–Kier alpha value is -3.95. The summed E-state index contributed by atoms with van der Waals surface area (Å²) in [6.45, 7) is 2.28. The minimum absolute atomic E-state index is 0.258. The Labute approximate surface area is 186 Å². The van der Waals surface area contributed by atoms with Gasteiger partial charge in [0.2, 0.25) is 17.8 Å². The standard InChI is InChI=1S/C22H27N5O5/c1-14(28)27-22(24-13-16-7-9-18(30-3)20(11-16)32-5)25-21(26-27)23-12-15-6-8-17(29-2)19(10-15)31-4/h6-11H,12-13H2,1-5H3,(H2,23,24,25,26). The smallest absolute Gasteiger partial charge is 0.247 e. The molecule has 0 bridgehead atoms. The third-order valence-corrected chi connectivity index (χ3v) is 4.70. The first kappa shape index (κ1) is 22.7. The predicted molar refractivity (Wildman–Crippen MR) is 120 cm³/mol. The van der Waals surface area contributed by atoms with Crippen LogP contribution in [0.3, 0.4) is 0 Å². The van der Waals surface area contributed by atoms with Crippen molar-refractivity contribution in [1.82, 2.24) is 14.8 Å². The molecule has 0 amide bonds. The largest absolute Gasteiger partial charge is 0.493 e. The van der Waals surface area contributed by atoms with E-state index in [4.69, 9.17) is 18.9 Å². The van der Waals surface area contributed by atoms with Gasteiger partial charge in [0.1, 0.15) is 0 Å². The molecule has 0 aliphatic rings. The lowest BCUT2D eigenvalue weighted by Gasteiger charge is -2.10. The van der Waals surface area contributed by atoms with Crippen molar-refractivity contribution in [3.05, 3.63) is 47.5 Å². The van der Waals surface area contributed by atoms with E-state index < -0.39 is 0 Å². The number of nitrogens with one attached hydrogen (secondary N) is 2. The monoisotopic (exact) mass is 441 g/mol. The zero-order valence-electron chi connectivity index (χ0n) is 18.8. The van der Waals surface area contributed by atoms with Crippen molar-refractivity contribution in [3.8, 4) is 23.0 Å². The third kappa shape index (κ3) is 5.20. The Morgan fingerprint density at radius 3 is 1.78 bits per heavy atom. The van der Waals surface area contributed by atoms with Crippen LogP contribution in [0.25, 0.3) is 0 Å². The molecule has 0 unspecified atom stereocenters. The second-order valence-corrected chi connectivity index (χ2v) is 6.78. The first-order valence-electron chi connectivity index (χ1n) is 9.86. The number of carbonyl (C=O) groups is 1. The molecule has 3 rings (SSSR count). The topological polar surface area (TPSA) is 109 Å². The number of nitrogens with zero attached hydrogens (tertiary/aromatic N) is 3. The fourth-order valence-corrected chi connectivity index (χ4v) is 3.06. The number of benzene rings is 2. The van der Waals surface area contributed by atoms with Crippen molar-refractivity contribution in [2.75, 3.05) is 39.1 Å². The lowest BCUT2D eigenvalue weighted by Crippen LogP contribution is -2.13. The quantitative estimate of drug-likeness (QED) is 0.490. The molecule has 32 heavy (non-hydrogen) atoms. The maximum atomic E-state index is 12.0. The van der Waals surface area contributed by atoms with E-state index in [-0.39, 0.29) is 5.91 Å². The van der Waals surface area contributed by atoms with Gasteiger partial charge in [-0.3, -0.25) is 4.79 Å². The molecule has 10 heteroatoms. The van der Waals surface area contributed by atoms with Gasteiger partial charge in [-0.05, 0) is 35.4 Å². The first-order valence-corrected chi connectivity index (χ1v) is 9.86. The summed E-state index contributed by atoms with van der Waals surface area (Å²) >= 11 is 0. The lowest BCUT2D eigenvalue weighted by molar-refractivity contribution is 0.0924. The van der Waals surface area contributed by atoms with Crippen molar-refractivity contribution >= 4 is 17.8 Å². The fourth-order valence-electron chi connectivity index (χ4n) is 3.06. The number of aromatic nitrogens is 3. The normalized spacial score (nSPS) is 10.4. The molecule has 2 aromatic carbocycles. The minimum Gasteiger partial charge on any atom is -0.493 e. The van der Waals surface area contributed by atoms with Crippen LogP contribution < -0.4 is 29.6 Å². The number of rotatable bonds is 10. The molecule has 3 aromatic rings. The van der Waals surface area contributed by atoms with Gasteiger partial charge in [0.05, 0.1) is 28.4 Å². The van der Waals surface area contributed by atoms with E-state index in [1.807, 2.05) is 36.4 Å². The van der Waals surface area contributed by atoms with Crippen LogP contribution in [0.5, 0.6) is 23.0 Å². The van der Waals surface area contributed by atoms with Crippen LogP contribution in [0, 0.1) is 0 Å². The van der Waals surface area contributed by atoms with Crippen molar-refractivity contribution in [2.45, 2.75) is 20.0 Å². The Morgan fingerprint density at radius 1 is 0.812 bits per heavy atom. The average molecular weight is 441 g/mol. The van der Waals surface area contributed by atoms with E-state index in [0.717, 1.165) is 11.1 Å². The van der Waals surface area contributed by atoms with Gasteiger partial charge < -0.3 is 29.6 Å². The lowest BCUT2D eigenvalue weighted by atomic mass is 10.2. The zero-order valence-corrected chi connectivity index (χ0v) is 18.8. The van der Waals surface area contributed by atoms with Crippen molar-refractivity contribution in [3.63, 3.8) is 0 Å². The molecule has 0 spiro atoms. The van der Waals surface area contributed by atoms with Crippen LogP contribution in [0.15, 0.2) is 36.4 Å². The molecule has 0 aliphatic heterocycles. The molecule has 0 aliphatic carbocycles. The van der Waals surface area contributed by atoms with E-state index >= 15 is 0 Å². The van der Waals surface area contributed by atoms with Gasteiger partial charge in [0, 0.05) is 20.0 Å². The maximum absolute atomic E-state index is 12.0. The molecule has 170 valence electrons. The summed E-state index contributed by atoms with van der Waals surface area (Å²) in [4.78, 5) is 16.4. The van der Waals surface area contributed by atoms with Gasteiger partial charge in [-0.1, -0.05) is 12.1 Å². The predicted octanol–water partition coefficient (Wildman–Crippen LogP) is 3.20. The van der Waals surface area contributed by atoms with Gasteiger partial charge in [-0.15, -0.1) is 5.10 Å². The van der Waals surface area contributed by atoms with Crippen LogP contribution in [0.2, 0.25) is 0 Å². The highest BCUT2D eigenvalue weighted by molar-refractivity contribution is 5.78. The summed E-state index contributed by atoms with van der Waals surface area (Å²) in [6.07, 6.45) is 0. The number of hydrogen-bond donors (Lipinski definition) is 2. The van der Waals surface area contributed by atoms with Crippen molar-refractivity contribution in [2.24, 2.45) is 0 Å². The number of carbonyl (C=O) groups excluding carboxylic acids is 1. The number of anilines is 2. The highest BCUT2D eigenvalue weighted by Crippen LogP contribution is 2.29. The van der Waals surface area contributed by atoms with Gasteiger partial charge in [-0.25, -0.2) is 0 Å². The van der Waals surface area contributed by atoms with E-state index in [9.17, 15) is 4.79 Å². The Bertz CT molecular complexity index is 1080. The number of hydrogen-bond acceptors (Lipinski definition) is 9. The highest BCUT2D eigenvalue weighted by Gasteiger charge is 2.14. The molecule has 10 nitrogen and oxygen atoms in total. The van der Waals surface area contributed by atoms with Crippen molar-refractivity contribution < 1.29 is 23.7 Å². The number of ether oxygens (including phenoxy) is 4. The molecule has 2 N–H and O–H groups in total. The summed E-state index contributed by atoms with van der Waals surface area (Å²) in [6, 6.07) is 11.2. The van der Waals surface area contributed by atoms with Crippen LogP contribution in [0.4, 0.5) is 11.9 Å². The Kier molecular flexibility index (Phi) is 7.37. The van der Waals surface area contributed by atoms with Gasteiger partial charge >= 0.3 is 0 Å². The van der Waals surface area contributed by atoms with Crippen molar-refractivity contribution in [1.29, 1.82) is 0 Å². The summed E-state index contributed by atoms with van der Waals surface area (Å²) in [5, 5.41) is 10.5. The molecule has 0 radical (unpaired) electrons. The molecule has 0 fully saturated rings. The summed E-state index contributed by atoms with van der Waals surface area (Å²) in [5.41, 5.74) is 1.88. The van der Waals surface area contributed by atoms with Crippen LogP contribution in [-0.2, 0) is 13.1 Å². The number of methoxy groups -OCH3 is 4. The summed E-state index contributed by atoms with van der Waals surface area (Å²) in [7, 11) is 6.34. The highest BCUT2D eigenvalue weighted by atomic mass is 16.5. The molecular formula is C22H27N5O5. The van der Waals surface area contributed by atoms with Crippen LogP contribution >= 0.6 is 0 Å². The van der Waals surface area contributed by atoms with Gasteiger partial charge in [-0.2, -0.15) is 9.67 Å². The summed E-state index contributed by atoms with van der Waals surface area (Å²) in [5.74, 6) is 2.95. The molecule has 1 aromatic heterocycles. The molecule has 0 saturated heterocycles. The Balaban J connectivity index is 1.71. The zero-order chi connectivity index (χ0) is 23.1. The second kappa shape index (κ2) is 10.4. The van der Waals surface area contributed by atoms with Gasteiger partial charge in [0.15, 0.2) is 23.0 Å². The second-order valence-electron chi connectivity index (χ2n) is 6.78. The van der Waals surface area contributed by atoms with Crippen LogP contribution in [-0.4, -0.2) is 49.1 Å². The Morgan fingerprint density at radius 2 is 1.31 bits per heavy atom. The summed E-state index contributed by atoms with van der Waals surface area (Å²) < 4.78 is 22.4. The van der Waals surface area contributed by atoms with E-state index in [2.05, 4.69) is 20.7 Å². The molecular weight excluding hydrogens is 414 g/mol. The maximum Gasteiger partial charge on any atom is 0.247 e. The van der Waals surface area contributed by atoms with Gasteiger partial charge in [0.25, 0.3) is 0 Å². The van der Waals surface area contributed by atoms with Crippen LogP contribution in [0.1, 0.15) is 22.8 Å². The molecule has 1 heterocycles.